The summed E-state index contributed by atoms with van der Waals surface area (Å²) >= 11 is 0. The molecule has 0 radical (unpaired) electrons. The first-order chi connectivity index (χ1) is 24.4. The summed E-state index contributed by atoms with van der Waals surface area (Å²) in [5.74, 6) is -1.78. The molecule has 0 saturated carbocycles. The molecule has 2 unspecified atom stereocenters. The van der Waals surface area contributed by atoms with Gasteiger partial charge in [-0.3, -0.25) is 19.3 Å². The standard InChI is InChI=1S/C37H47F3N6O5/c1-37(2,3)35(36-43-31(29-21-27(39)9-10-30(29)40)25-44(36)24-26-7-5-4-6-8-26)46(15-13-28(41)22-38)34(49)23-42-14-17-50-19-20-51-18-16-45-32(47)11-12-33(45)48/h4-12,21,25,28,35,42H,13-20,22-24,41H2,1-3H3. The Morgan fingerprint density at radius 2 is 1.69 bits per heavy atom. The highest BCUT2D eigenvalue weighted by atomic mass is 19.1. The molecule has 14 heteroatoms. The van der Waals surface area contributed by atoms with Crippen LogP contribution < -0.4 is 11.1 Å². The van der Waals surface area contributed by atoms with Crippen molar-refractivity contribution in [1.29, 1.82) is 0 Å². The molecule has 2 heterocycles. The summed E-state index contributed by atoms with van der Waals surface area (Å²) in [4.78, 5) is 44.7. The number of benzene rings is 2. The van der Waals surface area contributed by atoms with Gasteiger partial charge in [0, 0.05) is 49.6 Å². The zero-order valence-corrected chi connectivity index (χ0v) is 29.3. The number of alkyl halides is 1. The molecule has 0 spiro atoms. The number of carbonyl (C=O) groups excluding carboxylic acids is 3. The largest absolute Gasteiger partial charge is 0.378 e. The van der Waals surface area contributed by atoms with E-state index in [4.69, 9.17) is 20.2 Å². The van der Waals surface area contributed by atoms with Crippen molar-refractivity contribution < 1.29 is 37.0 Å². The van der Waals surface area contributed by atoms with E-state index in [9.17, 15) is 23.2 Å². The number of imidazole rings is 1. The van der Waals surface area contributed by atoms with E-state index in [-0.39, 0.29) is 81.5 Å². The van der Waals surface area contributed by atoms with Crippen LogP contribution in [0.5, 0.6) is 0 Å². The fraction of sp³-hybridized carbons (Fsp3) is 0.459. The van der Waals surface area contributed by atoms with Gasteiger partial charge in [-0.05, 0) is 35.6 Å². The Bertz CT molecular complexity index is 1630. The third-order valence-corrected chi connectivity index (χ3v) is 8.27. The van der Waals surface area contributed by atoms with E-state index in [0.29, 0.717) is 18.9 Å². The molecule has 0 saturated heterocycles. The first-order valence-electron chi connectivity index (χ1n) is 17.0. The van der Waals surface area contributed by atoms with Crippen LogP contribution in [0.3, 0.4) is 0 Å². The summed E-state index contributed by atoms with van der Waals surface area (Å²) in [5.41, 5.74) is 6.51. The second-order valence-electron chi connectivity index (χ2n) is 13.3. The molecule has 3 amide bonds. The number of rotatable bonds is 20. The van der Waals surface area contributed by atoms with Gasteiger partial charge >= 0.3 is 0 Å². The Morgan fingerprint density at radius 3 is 2.35 bits per heavy atom. The van der Waals surface area contributed by atoms with Crippen molar-refractivity contribution >= 4 is 17.7 Å². The van der Waals surface area contributed by atoms with Crippen molar-refractivity contribution in [1.82, 2.24) is 24.7 Å². The molecule has 2 aromatic carbocycles. The average Bonchev–Trinajstić information content (AvgIpc) is 3.65. The first-order valence-corrected chi connectivity index (χ1v) is 17.0. The maximum absolute atomic E-state index is 15.0. The lowest BCUT2D eigenvalue weighted by atomic mass is 9.84. The SMILES string of the molecule is CC(C)(C)C(c1nc(-c2cc(F)ccc2F)cn1Cc1ccccc1)N(CCC(N)CF)C(=O)CNCCOCCOCCN1C(=O)C=CC1=O. The van der Waals surface area contributed by atoms with Crippen LogP contribution in [0.25, 0.3) is 11.3 Å². The number of aromatic nitrogens is 2. The van der Waals surface area contributed by atoms with Crippen LogP contribution in [0.1, 0.15) is 44.6 Å². The number of hydrogen-bond acceptors (Lipinski definition) is 8. The fourth-order valence-electron chi connectivity index (χ4n) is 5.72. The second kappa shape index (κ2) is 18.7. The third kappa shape index (κ3) is 11.3. The zero-order valence-electron chi connectivity index (χ0n) is 29.3. The lowest BCUT2D eigenvalue weighted by Crippen LogP contribution is -2.47. The predicted molar refractivity (Wildman–Crippen MR) is 186 cm³/mol. The summed E-state index contributed by atoms with van der Waals surface area (Å²) < 4.78 is 55.7. The number of nitrogens with two attached hydrogens (primary N) is 1. The lowest BCUT2D eigenvalue weighted by molar-refractivity contribution is -0.138. The smallest absolute Gasteiger partial charge is 0.253 e. The average molecular weight is 713 g/mol. The predicted octanol–water partition coefficient (Wildman–Crippen LogP) is 4.03. The Labute approximate surface area is 296 Å². The van der Waals surface area contributed by atoms with Crippen LogP contribution in [0, 0.1) is 17.0 Å². The number of nitrogens with one attached hydrogen (secondary N) is 1. The summed E-state index contributed by atoms with van der Waals surface area (Å²) in [5, 5.41) is 3.10. The number of ether oxygens (including phenoxy) is 2. The first kappa shape index (κ1) is 39.4. The molecule has 0 bridgehead atoms. The van der Waals surface area contributed by atoms with Gasteiger partial charge in [0.25, 0.3) is 11.8 Å². The monoisotopic (exact) mass is 712 g/mol. The second-order valence-corrected chi connectivity index (χ2v) is 13.3. The quantitative estimate of drug-likeness (QED) is 0.133. The lowest BCUT2D eigenvalue weighted by Gasteiger charge is -2.40. The number of halogens is 3. The minimum absolute atomic E-state index is 0.00536. The van der Waals surface area contributed by atoms with Crippen LogP contribution >= 0.6 is 0 Å². The molecule has 0 fully saturated rings. The summed E-state index contributed by atoms with van der Waals surface area (Å²) in [7, 11) is 0. The number of carbonyl (C=O) groups is 3. The number of hydrogen-bond donors (Lipinski definition) is 2. The molecule has 1 aromatic heterocycles. The molecule has 3 aromatic rings. The van der Waals surface area contributed by atoms with Crippen molar-refractivity contribution in [2.45, 2.75) is 45.8 Å². The molecule has 3 N–H and O–H groups in total. The van der Waals surface area contributed by atoms with Crippen LogP contribution in [-0.4, -0.2) is 102 Å². The maximum Gasteiger partial charge on any atom is 0.253 e. The van der Waals surface area contributed by atoms with Crippen molar-refractivity contribution in [3.8, 4) is 11.3 Å². The summed E-state index contributed by atoms with van der Waals surface area (Å²) in [6, 6.07) is 11.3. The number of nitrogens with zero attached hydrogens (tertiary/aromatic N) is 4. The molecule has 2 atom stereocenters. The van der Waals surface area contributed by atoms with Gasteiger partial charge in [0.05, 0.1) is 51.3 Å². The Kier molecular flexibility index (Phi) is 14.5. The van der Waals surface area contributed by atoms with Crippen LogP contribution in [0.4, 0.5) is 13.2 Å². The Hall–Kier alpha value is -4.37. The Balaban J connectivity index is 1.46. The van der Waals surface area contributed by atoms with E-state index in [1.54, 1.807) is 11.1 Å². The molecule has 276 valence electrons. The molecule has 0 aliphatic carbocycles. The number of imide groups is 1. The molecular weight excluding hydrogens is 665 g/mol. The minimum atomic E-state index is -0.779. The molecule has 1 aliphatic rings. The van der Waals surface area contributed by atoms with Crippen molar-refractivity contribution in [2.75, 3.05) is 59.3 Å². The van der Waals surface area contributed by atoms with Gasteiger partial charge in [-0.25, -0.2) is 18.2 Å². The normalized spacial score (nSPS) is 14.4. The molecular formula is C37H47F3N6O5. The van der Waals surface area contributed by atoms with E-state index in [1.165, 1.54) is 12.2 Å². The van der Waals surface area contributed by atoms with Gasteiger partial charge in [0.1, 0.15) is 24.1 Å². The van der Waals surface area contributed by atoms with Gasteiger partial charge in [0.2, 0.25) is 5.91 Å². The third-order valence-electron chi connectivity index (χ3n) is 8.27. The van der Waals surface area contributed by atoms with Crippen LogP contribution in [0.2, 0.25) is 0 Å². The summed E-state index contributed by atoms with van der Waals surface area (Å²) in [6.07, 6.45) is 4.30. The van der Waals surface area contributed by atoms with Gasteiger partial charge in [-0.1, -0.05) is 51.1 Å². The van der Waals surface area contributed by atoms with Gasteiger partial charge < -0.3 is 30.0 Å². The van der Waals surface area contributed by atoms with Crippen LogP contribution in [-0.2, 0) is 30.4 Å². The van der Waals surface area contributed by atoms with E-state index in [0.717, 1.165) is 28.7 Å². The molecule has 11 nitrogen and oxygen atoms in total. The molecule has 51 heavy (non-hydrogen) atoms. The van der Waals surface area contributed by atoms with E-state index in [1.807, 2.05) is 55.7 Å². The highest BCUT2D eigenvalue weighted by molar-refractivity contribution is 6.12. The highest BCUT2D eigenvalue weighted by Crippen LogP contribution is 2.39. The van der Waals surface area contributed by atoms with Gasteiger partial charge in [0.15, 0.2) is 0 Å². The molecule has 1 aliphatic heterocycles. The van der Waals surface area contributed by atoms with Gasteiger partial charge in [-0.2, -0.15) is 0 Å². The Morgan fingerprint density at radius 1 is 1.00 bits per heavy atom. The van der Waals surface area contributed by atoms with E-state index >= 15 is 4.39 Å². The summed E-state index contributed by atoms with van der Waals surface area (Å²) in [6.45, 7) is 7.04. The van der Waals surface area contributed by atoms with Crippen LogP contribution in [0.15, 0.2) is 66.9 Å². The van der Waals surface area contributed by atoms with E-state index < -0.39 is 35.8 Å². The van der Waals surface area contributed by atoms with Crippen molar-refractivity contribution in [3.63, 3.8) is 0 Å². The van der Waals surface area contributed by atoms with Gasteiger partial charge in [-0.15, -0.1) is 0 Å². The minimum Gasteiger partial charge on any atom is -0.378 e. The van der Waals surface area contributed by atoms with Crippen molar-refractivity contribution in [2.24, 2.45) is 11.1 Å². The fourth-order valence-corrected chi connectivity index (χ4v) is 5.72. The van der Waals surface area contributed by atoms with Crippen molar-refractivity contribution in [3.05, 3.63) is 89.9 Å². The van der Waals surface area contributed by atoms with E-state index in [2.05, 4.69) is 5.32 Å². The zero-order chi connectivity index (χ0) is 37.0. The molecule has 4 rings (SSSR count). The maximum atomic E-state index is 15.0. The number of amides is 3. The highest BCUT2D eigenvalue weighted by Gasteiger charge is 2.38. The topological polar surface area (TPSA) is 132 Å².